The van der Waals surface area contributed by atoms with E-state index in [0.717, 1.165) is 17.3 Å². The van der Waals surface area contributed by atoms with Crippen molar-refractivity contribution in [3.05, 3.63) is 64.0 Å². The van der Waals surface area contributed by atoms with Crippen LogP contribution in [0.25, 0.3) is 0 Å². The lowest BCUT2D eigenvalue weighted by molar-refractivity contribution is -0.647. The van der Waals surface area contributed by atoms with E-state index in [2.05, 4.69) is 0 Å². The summed E-state index contributed by atoms with van der Waals surface area (Å²) in [5.41, 5.74) is 2.56. The Morgan fingerprint density at radius 1 is 1.14 bits per heavy atom. The second-order valence-corrected chi connectivity index (χ2v) is 7.69. The van der Waals surface area contributed by atoms with E-state index in [9.17, 15) is 13.6 Å². The fourth-order valence-corrected chi connectivity index (χ4v) is 4.30. The highest BCUT2D eigenvalue weighted by molar-refractivity contribution is 7.92. The number of halogens is 1. The van der Waals surface area contributed by atoms with Gasteiger partial charge >= 0.3 is 5.03 Å². The Morgan fingerprint density at radius 2 is 1.81 bits per heavy atom. The third kappa shape index (κ3) is 2.89. The Hall–Kier alpha value is -1.59. The van der Waals surface area contributed by atoms with Crippen molar-refractivity contribution in [1.82, 2.24) is 0 Å². The highest BCUT2D eigenvalue weighted by atomic mass is 35.5. The van der Waals surface area contributed by atoms with Gasteiger partial charge in [0.15, 0.2) is 10.9 Å². The molecule has 0 N–H and O–H groups in total. The van der Waals surface area contributed by atoms with Crippen LogP contribution in [0.5, 0.6) is 0 Å². The Morgan fingerprint density at radius 3 is 2.43 bits per heavy atom. The monoisotopic (exact) mass is 325 g/mol. The molecule has 2 rings (SSSR count). The number of benzene rings is 1. The van der Waals surface area contributed by atoms with Crippen molar-refractivity contribution in [3.8, 4) is 0 Å². The molecule has 1 atom stereocenters. The van der Waals surface area contributed by atoms with Gasteiger partial charge in [0.1, 0.15) is 0 Å². The first-order valence-corrected chi connectivity index (χ1v) is 8.37. The number of aryl methyl sites for hydroxylation is 3. The summed E-state index contributed by atoms with van der Waals surface area (Å²) >= 11 is 6.21. The summed E-state index contributed by atoms with van der Waals surface area (Å²) < 4.78 is 24.4. The van der Waals surface area contributed by atoms with Gasteiger partial charge in [0.05, 0.1) is 0 Å². The van der Waals surface area contributed by atoms with Crippen LogP contribution >= 0.6 is 11.6 Å². The van der Waals surface area contributed by atoms with Gasteiger partial charge in [0.25, 0.3) is 9.84 Å². The smallest absolute Gasteiger partial charge is 0.313 e. The second-order valence-electron chi connectivity index (χ2n) is 5.04. The molecule has 112 valence electrons. The lowest BCUT2D eigenvalue weighted by atomic mass is 10.1. The van der Waals surface area contributed by atoms with Crippen molar-refractivity contribution < 1.29 is 13.1 Å². The van der Waals surface area contributed by atoms with Crippen molar-refractivity contribution in [2.45, 2.75) is 30.5 Å². The third-order valence-electron chi connectivity index (χ3n) is 3.33. The van der Waals surface area contributed by atoms with E-state index in [4.69, 9.17) is 11.6 Å². The number of sulfone groups is 1. The molecule has 1 unspecified atom stereocenters. The van der Waals surface area contributed by atoms with Crippen LogP contribution in [0.2, 0.25) is 0 Å². The van der Waals surface area contributed by atoms with Gasteiger partial charge in [0, 0.05) is 11.6 Å². The van der Waals surface area contributed by atoms with Gasteiger partial charge in [-0.3, -0.25) is 0 Å². The number of rotatable bonds is 3. The Labute approximate surface area is 129 Å². The van der Waals surface area contributed by atoms with Crippen LogP contribution in [0.3, 0.4) is 0 Å². The molecule has 0 amide bonds. The van der Waals surface area contributed by atoms with E-state index < -0.39 is 14.5 Å². The van der Waals surface area contributed by atoms with Crippen molar-refractivity contribution in [1.29, 1.82) is 0 Å². The van der Waals surface area contributed by atoms with Crippen molar-refractivity contribution in [3.63, 3.8) is 0 Å². The third-order valence-corrected chi connectivity index (χ3v) is 6.10. The molecule has 1 heterocycles. The molecule has 2 aromatic rings. The van der Waals surface area contributed by atoms with Gasteiger partial charge < -0.3 is 5.21 Å². The first-order chi connectivity index (χ1) is 9.75. The normalized spacial score (nSPS) is 13.1. The molecule has 1 aromatic carbocycles. The van der Waals surface area contributed by atoms with E-state index >= 15 is 0 Å². The van der Waals surface area contributed by atoms with Gasteiger partial charge in [-0.2, -0.15) is 4.73 Å². The van der Waals surface area contributed by atoms with E-state index in [1.807, 2.05) is 19.1 Å². The Kier molecular flexibility index (Phi) is 4.25. The van der Waals surface area contributed by atoms with Gasteiger partial charge in [0.2, 0.25) is 0 Å². The second kappa shape index (κ2) is 5.66. The topological polar surface area (TPSA) is 61.1 Å². The largest absolute Gasteiger partial charge is 0.618 e. The Balaban J connectivity index is 2.61. The van der Waals surface area contributed by atoms with Crippen LogP contribution in [0.4, 0.5) is 0 Å². The molecule has 0 spiro atoms. The maximum Gasteiger partial charge on any atom is 0.313 e. The minimum absolute atomic E-state index is 0.300. The summed E-state index contributed by atoms with van der Waals surface area (Å²) in [5.74, 6) is 0. The molecule has 0 aliphatic rings. The minimum atomic E-state index is -3.98. The highest BCUT2D eigenvalue weighted by Gasteiger charge is 2.36. The van der Waals surface area contributed by atoms with Crippen molar-refractivity contribution in [2.75, 3.05) is 0 Å². The number of hydrogen-bond donors (Lipinski definition) is 0. The zero-order chi connectivity index (χ0) is 15.8. The number of hydrogen-bond acceptors (Lipinski definition) is 3. The maximum atomic E-state index is 12.7. The van der Waals surface area contributed by atoms with Crippen LogP contribution in [0.1, 0.15) is 27.0 Å². The zero-order valence-corrected chi connectivity index (χ0v) is 13.6. The molecular weight excluding hydrogens is 310 g/mol. The summed E-state index contributed by atoms with van der Waals surface area (Å²) in [6, 6.07) is 8.52. The fraction of sp³-hybridized carbons (Fsp3) is 0.267. The molecule has 0 bridgehead atoms. The molecule has 0 aliphatic carbocycles. The molecule has 0 saturated carbocycles. The predicted octanol–water partition coefficient (Wildman–Crippen LogP) is 2.96. The lowest BCUT2D eigenvalue weighted by Crippen LogP contribution is -2.35. The summed E-state index contributed by atoms with van der Waals surface area (Å²) in [4.78, 5) is 0. The zero-order valence-electron chi connectivity index (χ0n) is 12.0. The van der Waals surface area contributed by atoms with Crippen LogP contribution in [0, 0.1) is 26.0 Å². The first-order valence-electron chi connectivity index (χ1n) is 6.39. The van der Waals surface area contributed by atoms with Gasteiger partial charge in [-0.25, -0.2) is 8.42 Å². The van der Waals surface area contributed by atoms with Gasteiger partial charge in [-0.1, -0.05) is 35.4 Å². The SMILES string of the molecule is Cc1ccc(C)c(C(Cl)S(=O)(=O)c2c(C)ccc[n+]2[O-])c1. The van der Waals surface area contributed by atoms with E-state index in [1.54, 1.807) is 26.0 Å². The molecule has 1 aromatic heterocycles. The number of alkyl halides is 1. The predicted molar refractivity (Wildman–Crippen MR) is 81.8 cm³/mol. The highest BCUT2D eigenvalue weighted by Crippen LogP contribution is 2.34. The van der Waals surface area contributed by atoms with Crippen molar-refractivity contribution >= 4 is 21.4 Å². The van der Waals surface area contributed by atoms with E-state index in [1.165, 1.54) is 6.07 Å². The number of aromatic nitrogens is 1. The van der Waals surface area contributed by atoms with Crippen molar-refractivity contribution in [2.24, 2.45) is 0 Å². The number of pyridine rings is 1. The van der Waals surface area contributed by atoms with E-state index in [0.29, 0.717) is 15.9 Å². The summed E-state index contributed by atoms with van der Waals surface area (Å²) in [6.07, 6.45) is 1.16. The molecule has 0 saturated heterocycles. The van der Waals surface area contributed by atoms with Crippen LogP contribution in [0.15, 0.2) is 41.6 Å². The molecule has 21 heavy (non-hydrogen) atoms. The molecular formula is C15H16ClNO3S. The van der Waals surface area contributed by atoms with Gasteiger partial charge in [-0.05, 0) is 38.0 Å². The van der Waals surface area contributed by atoms with Gasteiger partial charge in [-0.15, -0.1) is 0 Å². The quantitative estimate of drug-likeness (QED) is 0.495. The molecule has 0 radical (unpaired) electrons. The number of nitrogens with zero attached hydrogens (tertiary/aromatic N) is 1. The van der Waals surface area contributed by atoms with Crippen LogP contribution < -0.4 is 4.73 Å². The van der Waals surface area contributed by atoms with Crippen LogP contribution in [-0.2, 0) is 9.84 Å². The molecule has 0 aliphatic heterocycles. The molecule has 6 heteroatoms. The summed E-state index contributed by atoms with van der Waals surface area (Å²) in [5, 5.41) is 11.6. The molecule has 0 fully saturated rings. The minimum Gasteiger partial charge on any atom is -0.618 e. The first kappa shape index (κ1) is 15.8. The standard InChI is InChI=1S/C15H16ClNO3S/c1-10-6-7-11(2)13(9-10)14(16)21(19,20)15-12(3)5-4-8-17(15)18/h4-9,14H,1-3H3. The average Bonchev–Trinajstić information content (AvgIpc) is 2.40. The fourth-order valence-electron chi connectivity index (χ4n) is 2.20. The maximum absolute atomic E-state index is 12.7. The summed E-state index contributed by atoms with van der Waals surface area (Å²) in [6.45, 7) is 5.23. The lowest BCUT2D eigenvalue weighted by Gasteiger charge is -2.15. The van der Waals surface area contributed by atoms with E-state index in [-0.39, 0.29) is 5.03 Å². The molecule has 4 nitrogen and oxygen atoms in total. The Bertz CT molecular complexity index is 767. The van der Waals surface area contributed by atoms with Crippen LogP contribution in [-0.4, -0.2) is 8.42 Å². The summed E-state index contributed by atoms with van der Waals surface area (Å²) in [7, 11) is -3.98. The average molecular weight is 326 g/mol.